The van der Waals surface area contributed by atoms with E-state index in [9.17, 15) is 14.4 Å². The van der Waals surface area contributed by atoms with Crippen molar-refractivity contribution in [2.45, 2.75) is 39.3 Å². The van der Waals surface area contributed by atoms with Crippen LogP contribution in [0.25, 0.3) is 10.9 Å². The lowest BCUT2D eigenvalue weighted by molar-refractivity contribution is -0.119. The van der Waals surface area contributed by atoms with Gasteiger partial charge < -0.3 is 4.90 Å². The van der Waals surface area contributed by atoms with Crippen molar-refractivity contribution in [2.75, 3.05) is 11.4 Å². The Kier molecular flexibility index (Phi) is 4.63. The number of aromatic nitrogens is 2. The first-order chi connectivity index (χ1) is 13.5. The number of anilines is 1. The number of fused-ring (bicyclic) bond motifs is 2. The van der Waals surface area contributed by atoms with Crippen LogP contribution < -0.4 is 16.1 Å². The molecule has 0 aliphatic carbocycles. The maximum atomic E-state index is 13.2. The summed E-state index contributed by atoms with van der Waals surface area (Å²) < 4.78 is 2.71. The van der Waals surface area contributed by atoms with Gasteiger partial charge in [0.2, 0.25) is 5.91 Å². The molecule has 6 nitrogen and oxygen atoms in total. The first kappa shape index (κ1) is 18.2. The van der Waals surface area contributed by atoms with Crippen LogP contribution in [0.2, 0.25) is 0 Å². The van der Waals surface area contributed by atoms with Crippen molar-refractivity contribution in [1.29, 1.82) is 0 Å². The minimum absolute atomic E-state index is 0.0929. The molecule has 28 heavy (non-hydrogen) atoms. The van der Waals surface area contributed by atoms with E-state index in [-0.39, 0.29) is 24.1 Å². The zero-order valence-electron chi connectivity index (χ0n) is 16.1. The second-order valence-corrected chi connectivity index (χ2v) is 7.24. The first-order valence-electron chi connectivity index (χ1n) is 9.65. The third kappa shape index (κ3) is 2.85. The van der Waals surface area contributed by atoms with Gasteiger partial charge in [0.25, 0.3) is 5.56 Å². The summed E-state index contributed by atoms with van der Waals surface area (Å²) in [6.07, 6.45) is 1.46. The van der Waals surface area contributed by atoms with E-state index in [0.717, 1.165) is 17.7 Å². The van der Waals surface area contributed by atoms with Crippen LogP contribution in [0.3, 0.4) is 0 Å². The molecular formula is C22H23N3O3. The van der Waals surface area contributed by atoms with E-state index in [4.69, 9.17) is 0 Å². The highest BCUT2D eigenvalue weighted by Gasteiger charge is 2.26. The topological polar surface area (TPSA) is 64.3 Å². The Hall–Kier alpha value is -3.15. The molecule has 144 valence electrons. The van der Waals surface area contributed by atoms with Gasteiger partial charge in [0, 0.05) is 18.3 Å². The molecule has 0 saturated carbocycles. The molecule has 1 atom stereocenters. The van der Waals surface area contributed by atoms with Crippen molar-refractivity contribution in [3.63, 3.8) is 0 Å². The normalized spacial score (nSPS) is 14.3. The molecule has 0 spiro atoms. The Balaban J connectivity index is 1.82. The van der Waals surface area contributed by atoms with Crippen LogP contribution in [0, 0.1) is 0 Å². The quantitative estimate of drug-likeness (QED) is 0.702. The smallest absolute Gasteiger partial charge is 0.310 e. The first-order valence-corrected chi connectivity index (χ1v) is 9.65. The molecule has 4 rings (SSSR count). The van der Waals surface area contributed by atoms with E-state index < -0.39 is 5.69 Å². The van der Waals surface area contributed by atoms with Crippen LogP contribution in [0.15, 0.2) is 58.1 Å². The largest absolute Gasteiger partial charge is 0.332 e. The summed E-state index contributed by atoms with van der Waals surface area (Å²) in [7, 11) is 0. The molecule has 0 radical (unpaired) electrons. The maximum Gasteiger partial charge on any atom is 0.332 e. The predicted octanol–water partition coefficient (Wildman–Crippen LogP) is 2.72. The number of rotatable bonds is 4. The number of amides is 1. The third-order valence-electron chi connectivity index (χ3n) is 5.59. The number of hydrogen-bond acceptors (Lipinski definition) is 3. The lowest BCUT2D eigenvalue weighted by Gasteiger charge is -2.21. The molecular weight excluding hydrogens is 354 g/mol. The Morgan fingerprint density at radius 1 is 1.07 bits per heavy atom. The molecule has 0 saturated heterocycles. The number of benzene rings is 2. The molecule has 3 aromatic rings. The van der Waals surface area contributed by atoms with Crippen LogP contribution in [-0.2, 0) is 17.8 Å². The Bertz CT molecular complexity index is 1180. The SMILES string of the molecule is CCC(C)n1c(=O)c2ccccc2n(CC(=O)N2CCc3ccccc32)c1=O. The van der Waals surface area contributed by atoms with E-state index in [0.29, 0.717) is 23.9 Å². The van der Waals surface area contributed by atoms with E-state index in [1.54, 1.807) is 29.2 Å². The minimum atomic E-state index is -0.432. The standard InChI is InChI=1S/C22H23N3O3/c1-3-15(2)25-21(27)17-9-5-7-11-19(17)24(22(25)28)14-20(26)23-13-12-16-8-4-6-10-18(16)23/h4-11,15H,3,12-14H2,1-2H3. The van der Waals surface area contributed by atoms with Crippen LogP contribution in [0.5, 0.6) is 0 Å². The zero-order valence-corrected chi connectivity index (χ0v) is 16.1. The van der Waals surface area contributed by atoms with Gasteiger partial charge in [-0.1, -0.05) is 37.3 Å². The Morgan fingerprint density at radius 3 is 2.57 bits per heavy atom. The Morgan fingerprint density at radius 2 is 1.79 bits per heavy atom. The van der Waals surface area contributed by atoms with Gasteiger partial charge in [-0.05, 0) is 43.5 Å². The molecule has 1 amide bonds. The van der Waals surface area contributed by atoms with Crippen molar-refractivity contribution in [1.82, 2.24) is 9.13 Å². The van der Waals surface area contributed by atoms with Gasteiger partial charge in [0.05, 0.1) is 10.9 Å². The van der Waals surface area contributed by atoms with Crippen molar-refractivity contribution >= 4 is 22.5 Å². The van der Waals surface area contributed by atoms with E-state index >= 15 is 0 Å². The minimum Gasteiger partial charge on any atom is -0.310 e. The monoisotopic (exact) mass is 377 g/mol. The summed E-state index contributed by atoms with van der Waals surface area (Å²) in [5.74, 6) is -0.147. The average Bonchev–Trinajstić information content (AvgIpc) is 3.15. The number of carbonyl (C=O) groups excluding carboxylic acids is 1. The zero-order chi connectivity index (χ0) is 19.8. The summed E-state index contributed by atoms with van der Waals surface area (Å²) in [4.78, 5) is 40.8. The molecule has 2 aromatic carbocycles. The maximum absolute atomic E-state index is 13.2. The van der Waals surface area contributed by atoms with Crippen molar-refractivity contribution in [3.05, 3.63) is 74.9 Å². The molecule has 1 unspecified atom stereocenters. The second kappa shape index (κ2) is 7.11. The fourth-order valence-corrected chi connectivity index (χ4v) is 3.88. The number of nitrogens with zero attached hydrogens (tertiary/aromatic N) is 3. The highest BCUT2D eigenvalue weighted by Crippen LogP contribution is 2.27. The van der Waals surface area contributed by atoms with Crippen molar-refractivity contribution in [3.8, 4) is 0 Å². The fraction of sp³-hybridized carbons (Fsp3) is 0.318. The van der Waals surface area contributed by atoms with Gasteiger partial charge >= 0.3 is 5.69 Å². The van der Waals surface area contributed by atoms with Gasteiger partial charge in [-0.2, -0.15) is 0 Å². The molecule has 6 heteroatoms. The van der Waals surface area contributed by atoms with Gasteiger partial charge in [-0.25, -0.2) is 4.79 Å². The molecule has 0 bridgehead atoms. The van der Waals surface area contributed by atoms with Crippen LogP contribution in [0.1, 0.15) is 31.9 Å². The summed E-state index contributed by atoms with van der Waals surface area (Å²) >= 11 is 0. The molecule has 2 heterocycles. The summed E-state index contributed by atoms with van der Waals surface area (Å²) in [6, 6.07) is 14.6. The molecule has 1 aromatic heterocycles. The van der Waals surface area contributed by atoms with Gasteiger partial charge in [-0.15, -0.1) is 0 Å². The predicted molar refractivity (Wildman–Crippen MR) is 110 cm³/mol. The number of carbonyl (C=O) groups is 1. The van der Waals surface area contributed by atoms with Gasteiger partial charge in [0.1, 0.15) is 6.54 Å². The van der Waals surface area contributed by atoms with E-state index in [1.165, 1.54) is 9.13 Å². The summed E-state index contributed by atoms with van der Waals surface area (Å²) in [6.45, 7) is 4.29. The van der Waals surface area contributed by atoms with Crippen LogP contribution >= 0.6 is 0 Å². The van der Waals surface area contributed by atoms with E-state index in [1.807, 2.05) is 38.1 Å². The molecule has 0 fully saturated rings. The van der Waals surface area contributed by atoms with Crippen molar-refractivity contribution < 1.29 is 4.79 Å². The van der Waals surface area contributed by atoms with Crippen molar-refractivity contribution in [2.24, 2.45) is 0 Å². The Labute approximate surface area is 162 Å². The van der Waals surface area contributed by atoms with Crippen LogP contribution in [-0.4, -0.2) is 21.6 Å². The number of para-hydroxylation sites is 2. The molecule has 1 aliphatic rings. The summed E-state index contributed by atoms with van der Waals surface area (Å²) in [5, 5.41) is 0.456. The average molecular weight is 377 g/mol. The second-order valence-electron chi connectivity index (χ2n) is 7.24. The highest BCUT2D eigenvalue weighted by molar-refractivity contribution is 5.96. The fourth-order valence-electron chi connectivity index (χ4n) is 3.88. The van der Waals surface area contributed by atoms with E-state index in [2.05, 4.69) is 0 Å². The third-order valence-corrected chi connectivity index (χ3v) is 5.59. The molecule has 1 aliphatic heterocycles. The van der Waals surface area contributed by atoms with Crippen LogP contribution in [0.4, 0.5) is 5.69 Å². The lowest BCUT2D eigenvalue weighted by atomic mass is 10.2. The highest BCUT2D eigenvalue weighted by atomic mass is 16.2. The summed E-state index contributed by atoms with van der Waals surface area (Å²) in [5.41, 5.74) is 1.81. The number of hydrogen-bond donors (Lipinski definition) is 0. The van der Waals surface area contributed by atoms with Gasteiger partial charge in [0.15, 0.2) is 0 Å². The lowest BCUT2D eigenvalue weighted by Crippen LogP contribution is -2.44. The van der Waals surface area contributed by atoms with Gasteiger partial charge in [-0.3, -0.25) is 18.7 Å². The molecule has 0 N–H and O–H groups in total.